The van der Waals surface area contributed by atoms with Crippen LogP contribution in [0.4, 0.5) is 0 Å². The average Bonchev–Trinajstić information content (AvgIpc) is 2.58. The molecule has 2 rings (SSSR count). The molecule has 0 spiro atoms. The first-order chi connectivity index (χ1) is 8.99. The second kappa shape index (κ2) is 6.13. The second-order valence-corrected chi connectivity index (χ2v) is 7.85. The molecule has 0 heterocycles. The lowest BCUT2D eigenvalue weighted by atomic mass is 9.81. The molecule has 0 saturated heterocycles. The molecule has 0 aromatic rings. The van der Waals surface area contributed by atoms with Gasteiger partial charge in [0.25, 0.3) is 0 Å². The van der Waals surface area contributed by atoms with Gasteiger partial charge >= 0.3 is 0 Å². The van der Waals surface area contributed by atoms with Crippen molar-refractivity contribution < 1.29 is 0 Å². The smallest absolute Gasteiger partial charge is 0.0331 e. The summed E-state index contributed by atoms with van der Waals surface area (Å²) in [6.45, 7) is 5.70. The minimum Gasteiger partial charge on any atom is -0.329 e. The molecule has 1 unspecified atom stereocenters. The lowest BCUT2D eigenvalue weighted by Gasteiger charge is -2.46. The van der Waals surface area contributed by atoms with Crippen LogP contribution in [0.2, 0.25) is 0 Å². The Hall–Kier alpha value is -0.0800. The van der Waals surface area contributed by atoms with Gasteiger partial charge in [0.2, 0.25) is 0 Å². The molecule has 2 fully saturated rings. The Balaban J connectivity index is 2.07. The number of rotatable bonds is 3. The molecule has 0 radical (unpaired) electrons. The fourth-order valence-corrected chi connectivity index (χ4v) is 4.27. The highest BCUT2D eigenvalue weighted by molar-refractivity contribution is 4.97. The van der Waals surface area contributed by atoms with Crippen molar-refractivity contribution in [1.82, 2.24) is 4.90 Å². The Kier molecular flexibility index (Phi) is 4.94. The predicted octanol–water partition coefficient (Wildman–Crippen LogP) is 3.94. The van der Waals surface area contributed by atoms with Crippen LogP contribution in [0, 0.1) is 5.41 Å². The van der Waals surface area contributed by atoms with Gasteiger partial charge in [0, 0.05) is 18.1 Å². The second-order valence-electron chi connectivity index (χ2n) is 7.85. The maximum absolute atomic E-state index is 6.26. The van der Waals surface area contributed by atoms with Gasteiger partial charge in [-0.15, -0.1) is 0 Å². The summed E-state index contributed by atoms with van der Waals surface area (Å²) in [4.78, 5) is 2.70. The van der Waals surface area contributed by atoms with E-state index in [1.165, 1.54) is 64.2 Å². The third-order valence-corrected chi connectivity index (χ3v) is 6.01. The quantitative estimate of drug-likeness (QED) is 0.784. The number of nitrogens with zero attached hydrogens (tertiary/aromatic N) is 1. The van der Waals surface area contributed by atoms with Crippen LogP contribution in [0.15, 0.2) is 0 Å². The summed E-state index contributed by atoms with van der Waals surface area (Å²) < 4.78 is 0. The van der Waals surface area contributed by atoms with Crippen LogP contribution in [0.25, 0.3) is 0 Å². The Morgan fingerprint density at radius 1 is 0.947 bits per heavy atom. The lowest BCUT2D eigenvalue weighted by Crippen LogP contribution is -2.56. The fraction of sp³-hybridized carbons (Fsp3) is 1.00. The molecule has 2 N–H and O–H groups in total. The highest BCUT2D eigenvalue weighted by atomic mass is 15.2. The summed E-state index contributed by atoms with van der Waals surface area (Å²) >= 11 is 0. The van der Waals surface area contributed by atoms with E-state index in [2.05, 4.69) is 25.8 Å². The Labute approximate surface area is 120 Å². The van der Waals surface area contributed by atoms with Crippen molar-refractivity contribution in [2.24, 2.45) is 11.1 Å². The SMILES string of the molecule is CN(C1CCCCC1)C1(CN)CCCC(C)(C)CC1. The summed E-state index contributed by atoms with van der Waals surface area (Å²) in [5.74, 6) is 0. The van der Waals surface area contributed by atoms with E-state index < -0.39 is 0 Å². The van der Waals surface area contributed by atoms with Gasteiger partial charge < -0.3 is 5.73 Å². The highest BCUT2D eigenvalue weighted by Crippen LogP contribution is 2.41. The minimum atomic E-state index is 0.287. The zero-order valence-corrected chi connectivity index (χ0v) is 13.4. The molecule has 2 saturated carbocycles. The van der Waals surface area contributed by atoms with Gasteiger partial charge in [0.15, 0.2) is 0 Å². The standard InChI is InChI=1S/C17H34N2/c1-16(2)10-7-11-17(14-18,13-12-16)19(3)15-8-5-4-6-9-15/h15H,4-14,18H2,1-3H3. The topological polar surface area (TPSA) is 29.3 Å². The largest absolute Gasteiger partial charge is 0.329 e. The molecule has 2 heteroatoms. The van der Waals surface area contributed by atoms with E-state index in [-0.39, 0.29) is 5.54 Å². The van der Waals surface area contributed by atoms with Gasteiger partial charge in [-0.3, -0.25) is 4.90 Å². The van der Waals surface area contributed by atoms with Crippen LogP contribution in [0.5, 0.6) is 0 Å². The van der Waals surface area contributed by atoms with Crippen molar-refractivity contribution in [1.29, 1.82) is 0 Å². The maximum Gasteiger partial charge on any atom is 0.0331 e. The first-order valence-corrected chi connectivity index (χ1v) is 8.42. The molecule has 2 aliphatic carbocycles. The summed E-state index contributed by atoms with van der Waals surface area (Å²) in [5, 5.41) is 0. The Morgan fingerprint density at radius 3 is 2.26 bits per heavy atom. The number of hydrogen-bond acceptors (Lipinski definition) is 2. The van der Waals surface area contributed by atoms with E-state index in [1.807, 2.05) is 0 Å². The van der Waals surface area contributed by atoms with Crippen molar-refractivity contribution >= 4 is 0 Å². The Bertz CT molecular complexity index is 281. The molecule has 112 valence electrons. The molecule has 19 heavy (non-hydrogen) atoms. The van der Waals surface area contributed by atoms with Crippen LogP contribution >= 0.6 is 0 Å². The van der Waals surface area contributed by atoms with Crippen LogP contribution < -0.4 is 5.73 Å². The third-order valence-electron chi connectivity index (χ3n) is 6.01. The third kappa shape index (κ3) is 3.52. The van der Waals surface area contributed by atoms with E-state index in [9.17, 15) is 0 Å². The monoisotopic (exact) mass is 266 g/mol. The normalized spacial score (nSPS) is 33.3. The van der Waals surface area contributed by atoms with Crippen molar-refractivity contribution in [3.8, 4) is 0 Å². The molecular formula is C17H34N2. The van der Waals surface area contributed by atoms with Gasteiger partial charge in [-0.1, -0.05) is 39.5 Å². The first-order valence-electron chi connectivity index (χ1n) is 8.42. The number of nitrogens with two attached hydrogens (primary N) is 1. The van der Waals surface area contributed by atoms with E-state index in [1.54, 1.807) is 0 Å². The van der Waals surface area contributed by atoms with Crippen molar-refractivity contribution in [2.45, 2.75) is 89.6 Å². The summed E-state index contributed by atoms with van der Waals surface area (Å²) in [5.41, 5.74) is 7.07. The molecular weight excluding hydrogens is 232 g/mol. The van der Waals surface area contributed by atoms with Crippen LogP contribution in [0.3, 0.4) is 0 Å². The molecule has 0 amide bonds. The molecule has 1 atom stereocenters. The van der Waals surface area contributed by atoms with Crippen LogP contribution in [0.1, 0.15) is 78.1 Å². The van der Waals surface area contributed by atoms with Gasteiger partial charge in [-0.05, 0) is 51.0 Å². The predicted molar refractivity (Wildman–Crippen MR) is 83.3 cm³/mol. The molecule has 0 aromatic carbocycles. The number of hydrogen-bond donors (Lipinski definition) is 1. The van der Waals surface area contributed by atoms with Gasteiger partial charge in [-0.25, -0.2) is 0 Å². The highest BCUT2D eigenvalue weighted by Gasteiger charge is 2.40. The maximum atomic E-state index is 6.26. The zero-order valence-electron chi connectivity index (χ0n) is 13.4. The summed E-state index contributed by atoms with van der Waals surface area (Å²) in [6, 6.07) is 0.790. The minimum absolute atomic E-state index is 0.287. The van der Waals surface area contributed by atoms with Crippen LogP contribution in [-0.4, -0.2) is 30.1 Å². The van der Waals surface area contributed by atoms with Gasteiger partial charge in [0.05, 0.1) is 0 Å². The average molecular weight is 266 g/mol. The van der Waals surface area contributed by atoms with Crippen molar-refractivity contribution in [2.75, 3.05) is 13.6 Å². The van der Waals surface area contributed by atoms with E-state index in [0.717, 1.165) is 12.6 Å². The molecule has 0 bridgehead atoms. The molecule has 0 aromatic heterocycles. The Morgan fingerprint density at radius 2 is 1.63 bits per heavy atom. The summed E-state index contributed by atoms with van der Waals surface area (Å²) in [6.07, 6.45) is 13.7. The van der Waals surface area contributed by atoms with E-state index in [0.29, 0.717) is 5.41 Å². The molecule has 2 aliphatic rings. The van der Waals surface area contributed by atoms with Gasteiger partial charge in [-0.2, -0.15) is 0 Å². The first kappa shape index (κ1) is 15.3. The van der Waals surface area contributed by atoms with Crippen molar-refractivity contribution in [3.63, 3.8) is 0 Å². The van der Waals surface area contributed by atoms with Crippen LogP contribution in [-0.2, 0) is 0 Å². The van der Waals surface area contributed by atoms with Gasteiger partial charge in [0.1, 0.15) is 0 Å². The number of likely N-dealkylation sites (N-methyl/N-ethyl adjacent to an activating group) is 1. The molecule has 2 nitrogen and oxygen atoms in total. The molecule has 0 aliphatic heterocycles. The van der Waals surface area contributed by atoms with E-state index in [4.69, 9.17) is 5.73 Å². The lowest BCUT2D eigenvalue weighted by molar-refractivity contribution is 0.0430. The van der Waals surface area contributed by atoms with E-state index >= 15 is 0 Å². The fourth-order valence-electron chi connectivity index (χ4n) is 4.27. The zero-order chi connectivity index (χ0) is 13.9. The van der Waals surface area contributed by atoms with Crippen molar-refractivity contribution in [3.05, 3.63) is 0 Å². The summed E-state index contributed by atoms with van der Waals surface area (Å²) in [7, 11) is 2.36.